The van der Waals surface area contributed by atoms with Crippen molar-refractivity contribution in [3.8, 4) is 0 Å². The van der Waals surface area contributed by atoms with Gasteiger partial charge in [0, 0.05) is 0 Å². The first kappa shape index (κ1) is 16.7. The summed E-state index contributed by atoms with van der Waals surface area (Å²) in [6.07, 6.45) is -0.460. The average Bonchev–Trinajstić information content (AvgIpc) is 2.47. The van der Waals surface area contributed by atoms with Crippen molar-refractivity contribution in [2.45, 2.75) is 27.2 Å². The molecule has 0 N–H and O–H groups in total. The Labute approximate surface area is 133 Å². The van der Waals surface area contributed by atoms with E-state index >= 15 is 0 Å². The summed E-state index contributed by atoms with van der Waals surface area (Å²) in [7, 11) is 0. The van der Waals surface area contributed by atoms with Crippen LogP contribution in [0.2, 0.25) is 0 Å². The van der Waals surface area contributed by atoms with Gasteiger partial charge in [-0.2, -0.15) is 0 Å². The van der Waals surface area contributed by atoms with Crippen molar-refractivity contribution >= 4 is 29.5 Å². The SMILES string of the molecule is CCOC(=O)CN1C(=O)CC(=O)N(c2cc(C)ccc2C)C1=O. The van der Waals surface area contributed by atoms with Crippen LogP contribution in [0, 0.1) is 13.8 Å². The molecule has 1 aliphatic heterocycles. The van der Waals surface area contributed by atoms with Crippen LogP contribution in [0.4, 0.5) is 10.5 Å². The lowest BCUT2D eigenvalue weighted by Crippen LogP contribution is -2.56. The molecule has 0 unspecified atom stereocenters. The van der Waals surface area contributed by atoms with E-state index in [4.69, 9.17) is 4.74 Å². The quantitative estimate of drug-likeness (QED) is 0.621. The summed E-state index contributed by atoms with van der Waals surface area (Å²) >= 11 is 0. The molecule has 1 aromatic carbocycles. The third-order valence-electron chi connectivity index (χ3n) is 3.47. The number of amides is 4. The molecule has 0 atom stereocenters. The number of aryl methyl sites for hydroxylation is 2. The van der Waals surface area contributed by atoms with E-state index in [0.29, 0.717) is 5.69 Å². The lowest BCUT2D eigenvalue weighted by Gasteiger charge is -2.32. The first-order chi connectivity index (χ1) is 10.8. The summed E-state index contributed by atoms with van der Waals surface area (Å²) in [5.41, 5.74) is 2.02. The molecule has 1 fully saturated rings. The molecule has 1 saturated heterocycles. The molecule has 0 spiro atoms. The Balaban J connectivity index is 2.34. The van der Waals surface area contributed by atoms with Gasteiger partial charge in [-0.15, -0.1) is 0 Å². The molecular formula is C16H18N2O5. The summed E-state index contributed by atoms with van der Waals surface area (Å²) in [6, 6.07) is 4.52. The molecule has 1 aromatic rings. The van der Waals surface area contributed by atoms with Gasteiger partial charge in [-0.05, 0) is 38.0 Å². The van der Waals surface area contributed by atoms with E-state index in [1.807, 2.05) is 13.0 Å². The van der Waals surface area contributed by atoms with E-state index in [2.05, 4.69) is 0 Å². The number of barbiturate groups is 1. The molecular weight excluding hydrogens is 300 g/mol. The fourth-order valence-corrected chi connectivity index (χ4v) is 2.33. The van der Waals surface area contributed by atoms with Crippen LogP contribution in [0.25, 0.3) is 0 Å². The van der Waals surface area contributed by atoms with Crippen molar-refractivity contribution in [1.82, 2.24) is 4.90 Å². The van der Waals surface area contributed by atoms with Crippen LogP contribution in [0.15, 0.2) is 18.2 Å². The third kappa shape index (κ3) is 3.39. The fraction of sp³-hybridized carbons (Fsp3) is 0.375. The van der Waals surface area contributed by atoms with Crippen LogP contribution in [0.5, 0.6) is 0 Å². The number of nitrogens with zero attached hydrogens (tertiary/aromatic N) is 2. The van der Waals surface area contributed by atoms with Gasteiger partial charge in [-0.25, -0.2) is 9.69 Å². The normalized spacial score (nSPS) is 15.2. The van der Waals surface area contributed by atoms with Gasteiger partial charge < -0.3 is 4.74 Å². The van der Waals surface area contributed by atoms with E-state index < -0.39 is 36.8 Å². The summed E-state index contributed by atoms with van der Waals surface area (Å²) in [6.45, 7) is 4.88. The Morgan fingerprint density at radius 3 is 2.52 bits per heavy atom. The van der Waals surface area contributed by atoms with E-state index in [-0.39, 0.29) is 6.61 Å². The summed E-state index contributed by atoms with van der Waals surface area (Å²) in [5.74, 6) is -1.99. The molecule has 0 bridgehead atoms. The number of urea groups is 1. The maximum absolute atomic E-state index is 12.6. The van der Waals surface area contributed by atoms with Crippen LogP contribution in [-0.4, -0.2) is 41.9 Å². The highest BCUT2D eigenvalue weighted by Crippen LogP contribution is 2.26. The maximum Gasteiger partial charge on any atom is 0.338 e. The number of ether oxygens (including phenoxy) is 1. The van der Waals surface area contributed by atoms with Gasteiger partial charge in [0.1, 0.15) is 13.0 Å². The number of esters is 1. The largest absolute Gasteiger partial charge is 0.465 e. The van der Waals surface area contributed by atoms with Crippen molar-refractivity contribution in [2.24, 2.45) is 0 Å². The predicted octanol–water partition coefficient (Wildman–Crippen LogP) is 1.55. The van der Waals surface area contributed by atoms with E-state index in [9.17, 15) is 19.2 Å². The van der Waals surface area contributed by atoms with Crippen LogP contribution in [0.1, 0.15) is 24.5 Å². The number of anilines is 1. The first-order valence-corrected chi connectivity index (χ1v) is 7.25. The zero-order chi connectivity index (χ0) is 17.1. The lowest BCUT2D eigenvalue weighted by atomic mass is 10.1. The van der Waals surface area contributed by atoms with E-state index in [1.54, 1.807) is 26.0 Å². The van der Waals surface area contributed by atoms with Gasteiger partial charge in [0.25, 0.3) is 0 Å². The second-order valence-electron chi connectivity index (χ2n) is 5.26. The molecule has 0 saturated carbocycles. The minimum absolute atomic E-state index is 0.148. The van der Waals surface area contributed by atoms with Gasteiger partial charge in [-0.3, -0.25) is 19.3 Å². The van der Waals surface area contributed by atoms with Crippen LogP contribution >= 0.6 is 0 Å². The number of imide groups is 2. The Bertz CT molecular complexity index is 683. The molecule has 2 rings (SSSR count). The van der Waals surface area contributed by atoms with Crippen molar-refractivity contribution in [3.05, 3.63) is 29.3 Å². The van der Waals surface area contributed by atoms with Crippen LogP contribution in [0.3, 0.4) is 0 Å². The van der Waals surface area contributed by atoms with Crippen LogP contribution < -0.4 is 4.90 Å². The molecule has 7 heteroatoms. The highest BCUT2D eigenvalue weighted by Gasteiger charge is 2.40. The minimum atomic E-state index is -0.826. The Morgan fingerprint density at radius 1 is 1.17 bits per heavy atom. The maximum atomic E-state index is 12.6. The van der Waals surface area contributed by atoms with Crippen LogP contribution in [-0.2, 0) is 19.1 Å². The van der Waals surface area contributed by atoms with Crippen molar-refractivity contribution < 1.29 is 23.9 Å². The number of hydrogen-bond donors (Lipinski definition) is 0. The minimum Gasteiger partial charge on any atom is -0.465 e. The highest BCUT2D eigenvalue weighted by molar-refractivity contribution is 6.26. The second kappa shape index (κ2) is 6.60. The smallest absolute Gasteiger partial charge is 0.338 e. The van der Waals surface area contributed by atoms with Crippen molar-refractivity contribution in [1.29, 1.82) is 0 Å². The molecule has 0 aliphatic carbocycles. The van der Waals surface area contributed by atoms with E-state index in [0.717, 1.165) is 20.9 Å². The predicted molar refractivity (Wildman–Crippen MR) is 81.8 cm³/mol. The second-order valence-corrected chi connectivity index (χ2v) is 5.26. The molecule has 4 amide bonds. The number of benzene rings is 1. The highest BCUT2D eigenvalue weighted by atomic mass is 16.5. The van der Waals surface area contributed by atoms with E-state index in [1.165, 1.54) is 0 Å². The Kier molecular flexibility index (Phi) is 4.78. The number of carbonyl (C=O) groups is 4. The summed E-state index contributed by atoms with van der Waals surface area (Å²) in [4.78, 5) is 49.9. The molecule has 1 aliphatic rings. The molecule has 7 nitrogen and oxygen atoms in total. The van der Waals surface area contributed by atoms with Gasteiger partial charge in [-0.1, -0.05) is 12.1 Å². The first-order valence-electron chi connectivity index (χ1n) is 7.25. The average molecular weight is 318 g/mol. The third-order valence-corrected chi connectivity index (χ3v) is 3.47. The topological polar surface area (TPSA) is 84.0 Å². The van der Waals surface area contributed by atoms with Crippen molar-refractivity contribution in [2.75, 3.05) is 18.1 Å². The monoisotopic (exact) mass is 318 g/mol. The van der Waals surface area contributed by atoms with Gasteiger partial charge in [0.2, 0.25) is 11.8 Å². The van der Waals surface area contributed by atoms with Gasteiger partial charge in [0.15, 0.2) is 0 Å². The lowest BCUT2D eigenvalue weighted by molar-refractivity contribution is -0.148. The van der Waals surface area contributed by atoms with Gasteiger partial charge in [0.05, 0.1) is 12.3 Å². The zero-order valence-electron chi connectivity index (χ0n) is 13.3. The Morgan fingerprint density at radius 2 is 1.87 bits per heavy atom. The van der Waals surface area contributed by atoms with Gasteiger partial charge >= 0.3 is 12.0 Å². The van der Waals surface area contributed by atoms with Crippen molar-refractivity contribution in [3.63, 3.8) is 0 Å². The fourth-order valence-electron chi connectivity index (χ4n) is 2.33. The molecule has 0 aromatic heterocycles. The number of rotatable bonds is 4. The molecule has 23 heavy (non-hydrogen) atoms. The Hall–Kier alpha value is -2.70. The number of carbonyl (C=O) groups excluding carboxylic acids is 4. The zero-order valence-corrected chi connectivity index (χ0v) is 13.3. The summed E-state index contributed by atoms with van der Waals surface area (Å²) < 4.78 is 4.76. The molecule has 1 heterocycles. The standard InChI is InChI=1S/C16H18N2O5/c1-4-23-15(21)9-17-13(19)8-14(20)18(16(17)22)12-7-10(2)5-6-11(12)3/h5-7H,4,8-9H2,1-3H3. The molecule has 0 radical (unpaired) electrons. The number of hydrogen-bond acceptors (Lipinski definition) is 5. The summed E-state index contributed by atoms with van der Waals surface area (Å²) in [5, 5.41) is 0. The molecule has 122 valence electrons.